The van der Waals surface area contributed by atoms with Crippen molar-refractivity contribution in [1.29, 1.82) is 0 Å². The zero-order valence-corrected chi connectivity index (χ0v) is 19.9. The van der Waals surface area contributed by atoms with Crippen LogP contribution in [0.1, 0.15) is 28.3 Å². The second-order valence-electron chi connectivity index (χ2n) is 8.20. The number of nitrogens with one attached hydrogen (secondary N) is 1. The van der Waals surface area contributed by atoms with E-state index in [0.717, 1.165) is 46.5 Å². The molecule has 3 aromatic carbocycles. The van der Waals surface area contributed by atoms with Crippen molar-refractivity contribution in [3.05, 3.63) is 95.1 Å². The van der Waals surface area contributed by atoms with Crippen LogP contribution in [0, 0.1) is 0 Å². The highest BCUT2D eigenvalue weighted by molar-refractivity contribution is 7.99. The highest BCUT2D eigenvalue weighted by atomic mass is 32.2. The van der Waals surface area contributed by atoms with E-state index in [1.807, 2.05) is 43.4 Å². The van der Waals surface area contributed by atoms with Crippen LogP contribution in [0.3, 0.4) is 0 Å². The Morgan fingerprint density at radius 2 is 1.59 bits per heavy atom. The minimum absolute atomic E-state index is 0.174. The van der Waals surface area contributed by atoms with Crippen molar-refractivity contribution in [2.75, 3.05) is 12.3 Å². The van der Waals surface area contributed by atoms with Gasteiger partial charge in [-0.25, -0.2) is 4.68 Å². The lowest BCUT2D eigenvalue weighted by Crippen LogP contribution is -2.31. The molecule has 1 aliphatic rings. The lowest BCUT2D eigenvalue weighted by Gasteiger charge is -2.28. The van der Waals surface area contributed by atoms with Gasteiger partial charge in [-0.05, 0) is 57.8 Å². The van der Waals surface area contributed by atoms with Crippen molar-refractivity contribution in [2.45, 2.75) is 30.8 Å². The van der Waals surface area contributed by atoms with Crippen molar-refractivity contribution in [3.8, 4) is 11.5 Å². The molecule has 1 unspecified atom stereocenters. The van der Waals surface area contributed by atoms with Crippen LogP contribution in [0.25, 0.3) is 0 Å². The molecule has 0 amide bonds. The maximum atomic E-state index is 6.30. The molecule has 8 heteroatoms. The Morgan fingerprint density at radius 3 is 2.21 bits per heavy atom. The van der Waals surface area contributed by atoms with Crippen LogP contribution in [-0.2, 0) is 26.7 Å². The Bertz CT molecular complexity index is 1220. The van der Waals surface area contributed by atoms with Crippen LogP contribution in [0.15, 0.2) is 78.0 Å². The summed E-state index contributed by atoms with van der Waals surface area (Å²) >= 11 is 1.64. The summed E-state index contributed by atoms with van der Waals surface area (Å²) in [6, 6.07) is 24.9. The summed E-state index contributed by atoms with van der Waals surface area (Å²) in [5.41, 5.74) is 4.77. The largest absolute Gasteiger partial charge is 0.485 e. The Labute approximate surface area is 203 Å². The minimum Gasteiger partial charge on any atom is -0.485 e. The van der Waals surface area contributed by atoms with Gasteiger partial charge in [-0.2, -0.15) is 0 Å². The van der Waals surface area contributed by atoms with E-state index in [1.165, 1.54) is 11.1 Å². The third-order valence-corrected chi connectivity index (χ3v) is 6.90. The summed E-state index contributed by atoms with van der Waals surface area (Å²) in [4.78, 5) is 0. The van der Waals surface area contributed by atoms with E-state index < -0.39 is 0 Å². The number of hydrogen-bond acceptors (Lipinski definition) is 7. The first-order valence-corrected chi connectivity index (χ1v) is 12.3. The standard InChI is InChI=1S/C26H27N5O2S/c1-31-26(28-29-30-31)34-18-23-22-15-25(33-17-20-10-6-3-7-11-20)24(14-21(22)12-13-27-23)32-16-19-8-4-2-5-9-19/h2-11,14-15,23,27H,12-13,16-18H2,1H3. The first kappa shape index (κ1) is 22.4. The average Bonchev–Trinajstić information content (AvgIpc) is 3.30. The Kier molecular flexibility index (Phi) is 7.07. The summed E-state index contributed by atoms with van der Waals surface area (Å²) in [7, 11) is 1.86. The highest BCUT2D eigenvalue weighted by Crippen LogP contribution is 2.38. The Balaban J connectivity index is 1.39. The van der Waals surface area contributed by atoms with E-state index in [4.69, 9.17) is 9.47 Å². The third-order valence-electron chi connectivity index (χ3n) is 5.80. The van der Waals surface area contributed by atoms with E-state index in [2.05, 4.69) is 57.2 Å². The molecule has 0 bridgehead atoms. The number of tetrazole rings is 1. The number of aromatic nitrogens is 4. The van der Waals surface area contributed by atoms with E-state index >= 15 is 0 Å². The van der Waals surface area contributed by atoms with E-state index in [1.54, 1.807) is 16.4 Å². The molecule has 1 atom stereocenters. The molecule has 4 aromatic rings. The van der Waals surface area contributed by atoms with E-state index in [0.29, 0.717) is 13.2 Å². The summed E-state index contributed by atoms with van der Waals surface area (Å²) < 4.78 is 14.3. The molecule has 1 aromatic heterocycles. The lowest BCUT2D eigenvalue weighted by atomic mass is 9.94. The van der Waals surface area contributed by atoms with Crippen LogP contribution >= 0.6 is 11.8 Å². The Morgan fingerprint density at radius 1 is 0.941 bits per heavy atom. The lowest BCUT2D eigenvalue weighted by molar-refractivity contribution is 0.255. The van der Waals surface area contributed by atoms with Crippen LogP contribution < -0.4 is 14.8 Å². The van der Waals surface area contributed by atoms with Crippen LogP contribution in [-0.4, -0.2) is 32.5 Å². The molecule has 34 heavy (non-hydrogen) atoms. The molecular formula is C26H27N5O2S. The maximum absolute atomic E-state index is 6.30. The normalized spacial score (nSPS) is 15.0. The fraction of sp³-hybridized carbons (Fsp3) is 0.269. The van der Waals surface area contributed by atoms with Crippen molar-refractivity contribution in [1.82, 2.24) is 25.5 Å². The zero-order chi connectivity index (χ0) is 23.2. The minimum atomic E-state index is 0.174. The average molecular weight is 474 g/mol. The molecule has 5 rings (SSSR count). The molecule has 0 fully saturated rings. The predicted molar refractivity (Wildman–Crippen MR) is 132 cm³/mol. The first-order chi connectivity index (χ1) is 16.8. The fourth-order valence-electron chi connectivity index (χ4n) is 4.00. The van der Waals surface area contributed by atoms with Crippen LogP contribution in [0.5, 0.6) is 11.5 Å². The van der Waals surface area contributed by atoms with E-state index in [9.17, 15) is 0 Å². The molecule has 0 saturated heterocycles. The van der Waals surface area contributed by atoms with Gasteiger partial charge in [0, 0.05) is 18.8 Å². The SMILES string of the molecule is Cn1nnnc1SCC1NCCc2cc(OCc3ccccc3)c(OCc3ccccc3)cc21. The van der Waals surface area contributed by atoms with Gasteiger partial charge in [-0.1, -0.05) is 72.4 Å². The van der Waals surface area contributed by atoms with Gasteiger partial charge in [0.25, 0.3) is 0 Å². The monoisotopic (exact) mass is 473 g/mol. The molecule has 0 spiro atoms. The molecule has 2 heterocycles. The van der Waals surface area contributed by atoms with Gasteiger partial charge in [-0.15, -0.1) is 5.10 Å². The number of aryl methyl sites for hydroxylation is 1. The van der Waals surface area contributed by atoms with Gasteiger partial charge in [0.15, 0.2) is 11.5 Å². The number of hydrogen-bond donors (Lipinski definition) is 1. The number of thioether (sulfide) groups is 1. The topological polar surface area (TPSA) is 74.1 Å². The number of rotatable bonds is 9. The third kappa shape index (κ3) is 5.40. The molecule has 1 N–H and O–H groups in total. The number of nitrogens with zero attached hydrogens (tertiary/aromatic N) is 4. The second kappa shape index (κ2) is 10.7. The molecule has 174 valence electrons. The van der Waals surface area contributed by atoms with Crippen LogP contribution in [0.2, 0.25) is 0 Å². The second-order valence-corrected chi connectivity index (χ2v) is 9.19. The number of ether oxygens (including phenoxy) is 2. The van der Waals surface area contributed by atoms with Crippen molar-refractivity contribution >= 4 is 11.8 Å². The quantitative estimate of drug-likeness (QED) is 0.362. The van der Waals surface area contributed by atoms with Crippen LogP contribution in [0.4, 0.5) is 0 Å². The maximum Gasteiger partial charge on any atom is 0.209 e. The summed E-state index contributed by atoms with van der Waals surface area (Å²) in [6.45, 7) is 1.90. The number of fused-ring (bicyclic) bond motifs is 1. The zero-order valence-electron chi connectivity index (χ0n) is 19.1. The van der Waals surface area contributed by atoms with Crippen molar-refractivity contribution < 1.29 is 9.47 Å². The predicted octanol–water partition coefficient (Wildman–Crippen LogP) is 4.35. The van der Waals surface area contributed by atoms with Crippen molar-refractivity contribution in [2.24, 2.45) is 7.05 Å². The molecule has 0 radical (unpaired) electrons. The van der Waals surface area contributed by atoms with Gasteiger partial charge in [0.2, 0.25) is 5.16 Å². The van der Waals surface area contributed by atoms with Gasteiger partial charge in [0.1, 0.15) is 13.2 Å². The molecule has 0 aliphatic carbocycles. The van der Waals surface area contributed by atoms with Crippen molar-refractivity contribution in [3.63, 3.8) is 0 Å². The van der Waals surface area contributed by atoms with Gasteiger partial charge in [-0.3, -0.25) is 0 Å². The summed E-state index contributed by atoms with van der Waals surface area (Å²) in [6.07, 6.45) is 0.947. The summed E-state index contributed by atoms with van der Waals surface area (Å²) in [5, 5.41) is 16.2. The Hall–Kier alpha value is -3.36. The molecular weight excluding hydrogens is 446 g/mol. The van der Waals surface area contributed by atoms with Gasteiger partial charge < -0.3 is 14.8 Å². The molecule has 0 saturated carbocycles. The highest BCUT2D eigenvalue weighted by Gasteiger charge is 2.24. The first-order valence-electron chi connectivity index (χ1n) is 11.3. The van der Waals surface area contributed by atoms with E-state index in [-0.39, 0.29) is 6.04 Å². The van der Waals surface area contributed by atoms with Gasteiger partial charge >= 0.3 is 0 Å². The molecule has 1 aliphatic heterocycles. The summed E-state index contributed by atoms with van der Waals surface area (Å²) in [5.74, 6) is 2.37. The number of benzene rings is 3. The smallest absolute Gasteiger partial charge is 0.209 e. The molecule has 7 nitrogen and oxygen atoms in total. The fourth-order valence-corrected chi connectivity index (χ4v) is 4.93. The van der Waals surface area contributed by atoms with Gasteiger partial charge in [0.05, 0.1) is 0 Å².